The summed E-state index contributed by atoms with van der Waals surface area (Å²) in [6.45, 7) is 0. The molecule has 1 amide bonds. The molecule has 2 aromatic rings. The van der Waals surface area contributed by atoms with Gasteiger partial charge < -0.3 is 10.4 Å². The smallest absolute Gasteiger partial charge is 0.326 e. The number of nitrogens with zero attached hydrogens (tertiary/aromatic N) is 1. The minimum absolute atomic E-state index is 0.0213. The highest BCUT2D eigenvalue weighted by Crippen LogP contribution is 2.17. The van der Waals surface area contributed by atoms with E-state index >= 15 is 0 Å². The number of rotatable bonds is 7. The molecule has 0 aliphatic carbocycles. The Balaban J connectivity index is 1.88. The second-order valence-electron chi connectivity index (χ2n) is 5.22. The number of nitro groups is 1. The lowest BCUT2D eigenvalue weighted by Crippen LogP contribution is -2.40. The van der Waals surface area contributed by atoms with E-state index < -0.39 is 22.2 Å². The number of thioether (sulfide) groups is 1. The molecular weight excluding hydrogens is 344 g/mol. The third-order valence-corrected chi connectivity index (χ3v) is 4.25. The Kier molecular flexibility index (Phi) is 6.53. The van der Waals surface area contributed by atoms with Crippen molar-refractivity contribution < 1.29 is 19.6 Å². The second kappa shape index (κ2) is 8.84. The van der Waals surface area contributed by atoms with E-state index in [4.69, 9.17) is 0 Å². The van der Waals surface area contributed by atoms with Crippen molar-refractivity contribution in [3.8, 4) is 0 Å². The summed E-state index contributed by atoms with van der Waals surface area (Å²) in [5.41, 5.74) is 1.53. The third kappa shape index (κ3) is 5.92. The van der Waals surface area contributed by atoms with Gasteiger partial charge in [-0.3, -0.25) is 14.9 Å². The minimum Gasteiger partial charge on any atom is -0.480 e. The second-order valence-corrected chi connectivity index (χ2v) is 6.17. The first-order valence-electron chi connectivity index (χ1n) is 7.39. The molecule has 0 heterocycles. The van der Waals surface area contributed by atoms with E-state index in [2.05, 4.69) is 5.32 Å². The molecule has 1 atom stereocenters. The summed E-state index contributed by atoms with van der Waals surface area (Å²) >= 11 is 0.917. The standard InChI is InChI=1S/C17H16N2O5S/c20-16(21)15(10-12-4-2-1-3-5-12)18-17(22)25-11-13-6-8-14(9-7-13)19(23)24/h1-9,15H,10-11H2,(H,18,22)(H,20,21)/t15-/m0/s1. The maximum Gasteiger partial charge on any atom is 0.326 e. The van der Waals surface area contributed by atoms with Crippen LogP contribution in [0.15, 0.2) is 54.6 Å². The zero-order valence-electron chi connectivity index (χ0n) is 13.1. The fourth-order valence-electron chi connectivity index (χ4n) is 2.10. The van der Waals surface area contributed by atoms with Crippen LogP contribution in [0.2, 0.25) is 0 Å². The molecule has 0 aliphatic rings. The maximum absolute atomic E-state index is 12.0. The van der Waals surface area contributed by atoms with Crippen LogP contribution in [0.3, 0.4) is 0 Å². The number of nitrogens with one attached hydrogen (secondary N) is 1. The Morgan fingerprint density at radius 2 is 1.72 bits per heavy atom. The average Bonchev–Trinajstić information content (AvgIpc) is 2.60. The molecule has 8 heteroatoms. The van der Waals surface area contributed by atoms with Gasteiger partial charge in [0, 0.05) is 24.3 Å². The van der Waals surface area contributed by atoms with Crippen molar-refractivity contribution in [2.45, 2.75) is 18.2 Å². The molecule has 25 heavy (non-hydrogen) atoms. The van der Waals surface area contributed by atoms with Crippen LogP contribution in [-0.2, 0) is 17.0 Å². The normalized spacial score (nSPS) is 11.5. The van der Waals surface area contributed by atoms with Crippen LogP contribution in [0.25, 0.3) is 0 Å². The Hall–Kier alpha value is -2.87. The van der Waals surface area contributed by atoms with Crippen molar-refractivity contribution in [2.75, 3.05) is 0 Å². The molecule has 0 saturated carbocycles. The van der Waals surface area contributed by atoms with Gasteiger partial charge in [0.05, 0.1) is 4.92 Å². The number of non-ortho nitro benzene ring substituents is 1. The lowest BCUT2D eigenvalue weighted by Gasteiger charge is -2.14. The summed E-state index contributed by atoms with van der Waals surface area (Å²) in [5.74, 6) is -0.810. The Morgan fingerprint density at radius 3 is 2.28 bits per heavy atom. The number of nitro benzene ring substituents is 1. The number of carboxylic acids is 1. The molecule has 0 radical (unpaired) electrons. The van der Waals surface area contributed by atoms with Gasteiger partial charge in [-0.15, -0.1) is 0 Å². The molecule has 0 unspecified atom stereocenters. The molecule has 0 spiro atoms. The predicted molar refractivity (Wildman–Crippen MR) is 94.5 cm³/mol. The van der Waals surface area contributed by atoms with Crippen LogP contribution < -0.4 is 5.32 Å². The van der Waals surface area contributed by atoms with Gasteiger partial charge in [-0.05, 0) is 11.1 Å². The number of carboxylic acid groups (broad SMARTS) is 1. The van der Waals surface area contributed by atoms with E-state index in [0.29, 0.717) is 5.75 Å². The SMILES string of the molecule is O=C(N[C@@H](Cc1ccccc1)C(=O)O)SCc1ccc([N+](=O)[O-])cc1. The average molecular weight is 360 g/mol. The number of aliphatic carboxylic acids is 1. The number of hydrogen-bond acceptors (Lipinski definition) is 5. The number of benzene rings is 2. The Morgan fingerprint density at radius 1 is 1.08 bits per heavy atom. The van der Waals surface area contributed by atoms with Crippen molar-refractivity contribution in [2.24, 2.45) is 0 Å². The van der Waals surface area contributed by atoms with Crippen molar-refractivity contribution in [3.05, 3.63) is 75.8 Å². The molecular formula is C17H16N2O5S. The number of carbonyl (C=O) groups excluding carboxylic acids is 1. The lowest BCUT2D eigenvalue weighted by atomic mass is 10.1. The summed E-state index contributed by atoms with van der Waals surface area (Å²) in [4.78, 5) is 33.4. The number of amides is 1. The van der Waals surface area contributed by atoms with Gasteiger partial charge in [0.15, 0.2) is 0 Å². The van der Waals surface area contributed by atoms with Crippen molar-refractivity contribution in [1.82, 2.24) is 5.32 Å². The van der Waals surface area contributed by atoms with E-state index in [1.165, 1.54) is 12.1 Å². The largest absolute Gasteiger partial charge is 0.480 e. The molecule has 0 saturated heterocycles. The monoisotopic (exact) mass is 360 g/mol. The minimum atomic E-state index is -1.10. The Bertz CT molecular complexity index is 749. The van der Waals surface area contributed by atoms with Crippen LogP contribution in [0.4, 0.5) is 10.5 Å². The molecule has 0 fully saturated rings. The van der Waals surface area contributed by atoms with Gasteiger partial charge in [0.1, 0.15) is 6.04 Å². The van der Waals surface area contributed by atoms with Gasteiger partial charge in [0.2, 0.25) is 0 Å². The topological polar surface area (TPSA) is 110 Å². The molecule has 7 nitrogen and oxygen atoms in total. The van der Waals surface area contributed by atoms with Crippen LogP contribution in [0, 0.1) is 10.1 Å². The van der Waals surface area contributed by atoms with Gasteiger partial charge in [-0.1, -0.05) is 54.2 Å². The van der Waals surface area contributed by atoms with Gasteiger partial charge >= 0.3 is 5.97 Å². The van der Waals surface area contributed by atoms with Crippen molar-refractivity contribution in [3.63, 3.8) is 0 Å². The Labute approximate surface area is 148 Å². The summed E-state index contributed by atoms with van der Waals surface area (Å²) in [6.07, 6.45) is 0.194. The van der Waals surface area contributed by atoms with Crippen LogP contribution >= 0.6 is 11.8 Å². The summed E-state index contributed by atoms with van der Waals surface area (Å²) in [7, 11) is 0. The molecule has 2 N–H and O–H groups in total. The molecule has 0 bridgehead atoms. The molecule has 130 valence electrons. The first-order chi connectivity index (χ1) is 12.0. The van der Waals surface area contributed by atoms with E-state index in [0.717, 1.165) is 22.9 Å². The maximum atomic E-state index is 12.0. The van der Waals surface area contributed by atoms with Gasteiger partial charge in [-0.2, -0.15) is 0 Å². The fraction of sp³-hybridized carbons (Fsp3) is 0.176. The zero-order valence-corrected chi connectivity index (χ0v) is 13.9. The highest BCUT2D eigenvalue weighted by molar-refractivity contribution is 8.12. The van der Waals surface area contributed by atoms with Gasteiger partial charge in [-0.25, -0.2) is 4.79 Å². The molecule has 0 aliphatic heterocycles. The third-order valence-electron chi connectivity index (χ3n) is 3.39. The van der Waals surface area contributed by atoms with E-state index in [9.17, 15) is 24.8 Å². The zero-order chi connectivity index (χ0) is 18.2. The molecule has 0 aromatic heterocycles. The first-order valence-corrected chi connectivity index (χ1v) is 8.37. The van der Waals surface area contributed by atoms with Crippen LogP contribution in [0.1, 0.15) is 11.1 Å². The van der Waals surface area contributed by atoms with Crippen LogP contribution in [-0.4, -0.2) is 27.3 Å². The summed E-state index contributed by atoms with van der Waals surface area (Å²) < 4.78 is 0. The fourth-order valence-corrected chi connectivity index (χ4v) is 2.81. The quantitative estimate of drug-likeness (QED) is 0.579. The van der Waals surface area contributed by atoms with E-state index in [1.54, 1.807) is 36.4 Å². The number of hydrogen-bond donors (Lipinski definition) is 2. The lowest BCUT2D eigenvalue weighted by molar-refractivity contribution is -0.384. The van der Waals surface area contributed by atoms with E-state index in [-0.39, 0.29) is 12.1 Å². The van der Waals surface area contributed by atoms with E-state index in [1.807, 2.05) is 6.07 Å². The highest BCUT2D eigenvalue weighted by atomic mass is 32.2. The van der Waals surface area contributed by atoms with Crippen LogP contribution in [0.5, 0.6) is 0 Å². The number of carbonyl (C=O) groups is 2. The first kappa shape index (κ1) is 18.5. The highest BCUT2D eigenvalue weighted by Gasteiger charge is 2.20. The predicted octanol–water partition coefficient (Wildman–Crippen LogP) is 3.23. The molecule has 2 rings (SSSR count). The molecule has 2 aromatic carbocycles. The summed E-state index contributed by atoms with van der Waals surface area (Å²) in [6, 6.07) is 13.9. The van der Waals surface area contributed by atoms with Gasteiger partial charge in [0.25, 0.3) is 10.9 Å². The van der Waals surface area contributed by atoms with Crippen molar-refractivity contribution in [1.29, 1.82) is 0 Å². The van der Waals surface area contributed by atoms with Crippen molar-refractivity contribution >= 4 is 28.7 Å². The summed E-state index contributed by atoms with van der Waals surface area (Å²) in [5, 5.41) is 21.9.